The van der Waals surface area contributed by atoms with Crippen LogP contribution in [0.4, 0.5) is 18.9 Å². The normalized spacial score (nSPS) is 11.1. The van der Waals surface area contributed by atoms with E-state index >= 15 is 0 Å². The van der Waals surface area contributed by atoms with E-state index in [0.29, 0.717) is 23.7 Å². The molecule has 0 aliphatic carbocycles. The largest absolute Gasteiger partial charge is 0.493 e. The maximum Gasteiger partial charge on any atom is 0.417 e. The number of carbonyl (C=O) groups excluding carboxylic acids is 1. The molecule has 0 atom stereocenters. The van der Waals surface area contributed by atoms with Gasteiger partial charge in [0, 0.05) is 16.8 Å². The Hall–Kier alpha value is -3.19. The van der Waals surface area contributed by atoms with E-state index in [-0.39, 0.29) is 17.9 Å². The molecule has 162 valence electrons. The summed E-state index contributed by atoms with van der Waals surface area (Å²) < 4.78 is 50.5. The molecular formula is C23H19ClF3NO3. The van der Waals surface area contributed by atoms with Crippen molar-refractivity contribution in [3.05, 3.63) is 88.4 Å². The first kappa shape index (κ1) is 22.5. The van der Waals surface area contributed by atoms with Gasteiger partial charge in [0.1, 0.15) is 18.1 Å². The molecule has 3 aromatic carbocycles. The molecule has 0 spiro atoms. The van der Waals surface area contributed by atoms with Gasteiger partial charge in [0.2, 0.25) is 0 Å². The number of alkyl halides is 3. The van der Waals surface area contributed by atoms with Crippen LogP contribution in [0.3, 0.4) is 0 Å². The second kappa shape index (κ2) is 9.75. The van der Waals surface area contributed by atoms with Gasteiger partial charge in [-0.15, -0.1) is 0 Å². The number of rotatable bonds is 7. The Bertz CT molecular complexity index is 1060. The van der Waals surface area contributed by atoms with Gasteiger partial charge in [0.25, 0.3) is 5.91 Å². The number of anilines is 1. The van der Waals surface area contributed by atoms with E-state index in [0.717, 1.165) is 12.1 Å². The number of carbonyl (C=O) groups is 1. The highest BCUT2D eigenvalue weighted by molar-refractivity contribution is 6.31. The van der Waals surface area contributed by atoms with Crippen LogP contribution in [0.25, 0.3) is 0 Å². The first-order valence-corrected chi connectivity index (χ1v) is 9.77. The number of ether oxygens (including phenoxy) is 2. The summed E-state index contributed by atoms with van der Waals surface area (Å²) in [6, 6.07) is 17.1. The van der Waals surface area contributed by atoms with E-state index in [4.69, 9.17) is 21.1 Å². The second-order valence-electron chi connectivity index (χ2n) is 6.50. The number of hydrogen-bond acceptors (Lipinski definition) is 3. The minimum atomic E-state index is -4.63. The van der Waals surface area contributed by atoms with Gasteiger partial charge < -0.3 is 14.8 Å². The van der Waals surface area contributed by atoms with Crippen molar-refractivity contribution in [2.75, 3.05) is 11.9 Å². The van der Waals surface area contributed by atoms with E-state index in [1.54, 1.807) is 24.3 Å². The predicted molar refractivity (Wildman–Crippen MR) is 113 cm³/mol. The molecule has 0 bridgehead atoms. The van der Waals surface area contributed by atoms with Gasteiger partial charge in [0.05, 0.1) is 17.2 Å². The summed E-state index contributed by atoms with van der Waals surface area (Å²) in [7, 11) is 0. The lowest BCUT2D eigenvalue weighted by atomic mass is 10.1. The molecule has 0 unspecified atom stereocenters. The van der Waals surface area contributed by atoms with Crippen LogP contribution in [-0.2, 0) is 12.8 Å². The van der Waals surface area contributed by atoms with Crippen LogP contribution in [0.15, 0.2) is 66.7 Å². The Morgan fingerprint density at radius 1 is 1.00 bits per heavy atom. The van der Waals surface area contributed by atoms with Gasteiger partial charge in [-0.2, -0.15) is 13.2 Å². The van der Waals surface area contributed by atoms with Crippen molar-refractivity contribution in [3.63, 3.8) is 0 Å². The highest BCUT2D eigenvalue weighted by Gasteiger charge is 2.33. The molecule has 1 amide bonds. The van der Waals surface area contributed by atoms with Crippen LogP contribution in [0, 0.1) is 0 Å². The molecule has 8 heteroatoms. The lowest BCUT2D eigenvalue weighted by molar-refractivity contribution is -0.137. The highest BCUT2D eigenvalue weighted by atomic mass is 35.5. The fourth-order valence-corrected chi connectivity index (χ4v) is 3.06. The van der Waals surface area contributed by atoms with E-state index in [1.807, 2.05) is 25.1 Å². The summed E-state index contributed by atoms with van der Waals surface area (Å²) in [5.41, 5.74) is -0.155. The van der Waals surface area contributed by atoms with Crippen molar-refractivity contribution < 1.29 is 27.4 Å². The van der Waals surface area contributed by atoms with Gasteiger partial charge in [-0.1, -0.05) is 29.8 Å². The zero-order chi connectivity index (χ0) is 22.4. The van der Waals surface area contributed by atoms with Gasteiger partial charge in [0.15, 0.2) is 0 Å². The van der Waals surface area contributed by atoms with Crippen molar-refractivity contribution >= 4 is 23.2 Å². The first-order valence-electron chi connectivity index (χ1n) is 9.39. The van der Waals surface area contributed by atoms with E-state index in [9.17, 15) is 18.0 Å². The first-order chi connectivity index (χ1) is 14.8. The van der Waals surface area contributed by atoms with Crippen molar-refractivity contribution in [2.45, 2.75) is 19.7 Å². The van der Waals surface area contributed by atoms with Crippen LogP contribution in [0.5, 0.6) is 11.5 Å². The number of para-hydroxylation sites is 1. The predicted octanol–water partition coefficient (Wildman–Crippen LogP) is 6.59. The van der Waals surface area contributed by atoms with Crippen molar-refractivity contribution in [3.8, 4) is 11.5 Å². The zero-order valence-electron chi connectivity index (χ0n) is 16.5. The summed E-state index contributed by atoms with van der Waals surface area (Å²) in [4.78, 5) is 12.6. The molecule has 1 N–H and O–H groups in total. The summed E-state index contributed by atoms with van der Waals surface area (Å²) >= 11 is 5.63. The van der Waals surface area contributed by atoms with Crippen LogP contribution >= 0.6 is 11.6 Å². The summed E-state index contributed by atoms with van der Waals surface area (Å²) in [5.74, 6) is 0.640. The smallest absolute Gasteiger partial charge is 0.417 e. The second-order valence-corrected chi connectivity index (χ2v) is 6.91. The number of nitrogens with one attached hydrogen (secondary N) is 1. The van der Waals surface area contributed by atoms with Crippen LogP contribution in [-0.4, -0.2) is 12.5 Å². The minimum absolute atomic E-state index is 0.0160. The molecule has 4 nitrogen and oxygen atoms in total. The van der Waals surface area contributed by atoms with E-state index in [1.165, 1.54) is 12.1 Å². The molecule has 0 aromatic heterocycles. The van der Waals surface area contributed by atoms with Crippen LogP contribution in [0.1, 0.15) is 28.4 Å². The Kier molecular flexibility index (Phi) is 7.07. The third-order valence-corrected chi connectivity index (χ3v) is 4.62. The molecule has 3 rings (SSSR count). The Morgan fingerprint density at radius 3 is 2.42 bits per heavy atom. The lowest BCUT2D eigenvalue weighted by Crippen LogP contribution is -2.14. The van der Waals surface area contributed by atoms with E-state index in [2.05, 4.69) is 5.32 Å². The van der Waals surface area contributed by atoms with Crippen molar-refractivity contribution in [1.29, 1.82) is 0 Å². The Morgan fingerprint density at radius 2 is 1.74 bits per heavy atom. The average molecular weight is 450 g/mol. The molecule has 0 aliphatic rings. The third-order valence-electron chi connectivity index (χ3n) is 4.29. The SMILES string of the molecule is CCOc1ccc(C(=O)Nc2ccc(Cl)c(C(F)(F)F)c2)cc1COc1ccccc1. The molecule has 0 saturated carbocycles. The topological polar surface area (TPSA) is 47.6 Å². The standard InChI is InChI=1S/C23H19ClF3NO3/c1-2-30-21-11-8-15(12-16(21)14-31-18-6-4-3-5-7-18)22(29)28-17-9-10-20(24)19(13-17)23(25,26)27/h3-13H,2,14H2,1H3,(H,28,29). The van der Waals surface area contributed by atoms with Gasteiger partial charge in [-0.3, -0.25) is 4.79 Å². The number of hydrogen-bond donors (Lipinski definition) is 1. The fraction of sp³-hybridized carbons (Fsp3) is 0.174. The Labute approximate surface area is 182 Å². The molecular weight excluding hydrogens is 431 g/mol. The fourth-order valence-electron chi connectivity index (χ4n) is 2.83. The molecule has 0 fully saturated rings. The van der Waals surface area contributed by atoms with Crippen LogP contribution < -0.4 is 14.8 Å². The summed E-state index contributed by atoms with van der Waals surface area (Å²) in [6.45, 7) is 2.41. The maximum atomic E-state index is 13.1. The van der Waals surface area contributed by atoms with Gasteiger partial charge in [-0.05, 0) is 55.5 Å². The van der Waals surface area contributed by atoms with Gasteiger partial charge >= 0.3 is 6.18 Å². The average Bonchev–Trinajstić information content (AvgIpc) is 2.74. The molecule has 0 aliphatic heterocycles. The molecule has 3 aromatic rings. The number of benzene rings is 3. The molecule has 0 heterocycles. The molecule has 0 saturated heterocycles. The third kappa shape index (κ3) is 5.92. The summed E-state index contributed by atoms with van der Waals surface area (Å²) in [6.07, 6.45) is -4.63. The molecule has 0 radical (unpaired) electrons. The van der Waals surface area contributed by atoms with E-state index < -0.39 is 22.7 Å². The van der Waals surface area contributed by atoms with Crippen LogP contribution in [0.2, 0.25) is 5.02 Å². The Balaban J connectivity index is 1.81. The maximum absolute atomic E-state index is 13.1. The summed E-state index contributed by atoms with van der Waals surface area (Å²) in [5, 5.41) is 2.03. The number of amides is 1. The minimum Gasteiger partial charge on any atom is -0.493 e. The van der Waals surface area contributed by atoms with Crippen molar-refractivity contribution in [1.82, 2.24) is 0 Å². The molecule has 31 heavy (non-hydrogen) atoms. The van der Waals surface area contributed by atoms with Crippen molar-refractivity contribution in [2.24, 2.45) is 0 Å². The van der Waals surface area contributed by atoms with Gasteiger partial charge in [-0.25, -0.2) is 0 Å². The highest BCUT2D eigenvalue weighted by Crippen LogP contribution is 2.36. The lowest BCUT2D eigenvalue weighted by Gasteiger charge is -2.14. The monoisotopic (exact) mass is 449 g/mol. The quantitative estimate of drug-likeness (QED) is 0.442. The zero-order valence-corrected chi connectivity index (χ0v) is 17.3. The number of halogens is 4.